The van der Waals surface area contributed by atoms with Crippen LogP contribution in [0.15, 0.2) is 47.3 Å². The summed E-state index contributed by atoms with van der Waals surface area (Å²) in [7, 11) is -3.43. The molecule has 2 aromatic heterocycles. The maximum Gasteiger partial charge on any atom is 0.244 e. The first-order valence-corrected chi connectivity index (χ1v) is 10.1. The van der Waals surface area contributed by atoms with E-state index in [9.17, 15) is 13.2 Å². The van der Waals surface area contributed by atoms with E-state index in [-0.39, 0.29) is 18.2 Å². The van der Waals surface area contributed by atoms with Crippen molar-refractivity contribution in [2.24, 2.45) is 0 Å². The van der Waals surface area contributed by atoms with Crippen LogP contribution in [0.2, 0.25) is 0 Å². The zero-order chi connectivity index (χ0) is 19.1. The van der Waals surface area contributed by atoms with E-state index in [0.29, 0.717) is 37.9 Å². The highest BCUT2D eigenvalue weighted by Crippen LogP contribution is 2.12. The number of carbonyl (C=O) groups is 1. The summed E-state index contributed by atoms with van der Waals surface area (Å²) >= 11 is 0. The first-order chi connectivity index (χ1) is 13.0. The standard InChI is InChI=1S/C17H21N5O4S/c23-16(5-4-15-3-1-13-26-15)18-8-14-27(24,25)22-11-9-21(10-12-22)17-19-6-2-7-20-17/h1-7,13H,8-12,14H2,(H,18,23)/b5-4+. The van der Waals surface area contributed by atoms with Gasteiger partial charge < -0.3 is 14.6 Å². The van der Waals surface area contributed by atoms with E-state index in [1.165, 1.54) is 22.7 Å². The molecule has 0 aromatic carbocycles. The Morgan fingerprint density at radius 3 is 2.59 bits per heavy atom. The van der Waals surface area contributed by atoms with E-state index in [4.69, 9.17) is 4.42 Å². The van der Waals surface area contributed by atoms with Crippen LogP contribution in [-0.4, -0.2) is 67.1 Å². The average Bonchev–Trinajstić information content (AvgIpc) is 3.21. The number of rotatable bonds is 7. The highest BCUT2D eigenvalue weighted by Gasteiger charge is 2.27. The molecule has 3 rings (SSSR count). The van der Waals surface area contributed by atoms with Crippen molar-refractivity contribution in [1.29, 1.82) is 0 Å². The Bertz CT molecular complexity index is 860. The van der Waals surface area contributed by atoms with Gasteiger partial charge in [0.2, 0.25) is 21.9 Å². The van der Waals surface area contributed by atoms with E-state index in [1.807, 2.05) is 4.90 Å². The molecular formula is C17H21N5O4S. The van der Waals surface area contributed by atoms with Crippen LogP contribution < -0.4 is 10.2 Å². The molecule has 1 aliphatic rings. The van der Waals surface area contributed by atoms with E-state index < -0.39 is 10.0 Å². The Hall–Kier alpha value is -2.72. The van der Waals surface area contributed by atoms with Crippen LogP contribution in [-0.2, 0) is 14.8 Å². The number of hydrogen-bond donors (Lipinski definition) is 1. The first-order valence-electron chi connectivity index (χ1n) is 8.54. The highest BCUT2D eigenvalue weighted by atomic mass is 32.2. The number of piperazine rings is 1. The number of nitrogens with zero attached hydrogens (tertiary/aromatic N) is 4. The van der Waals surface area contributed by atoms with Gasteiger partial charge in [-0.2, -0.15) is 4.31 Å². The second kappa shape index (κ2) is 8.78. The van der Waals surface area contributed by atoms with Gasteiger partial charge in [0.1, 0.15) is 5.76 Å². The first kappa shape index (κ1) is 19.1. The number of sulfonamides is 1. The smallest absolute Gasteiger partial charge is 0.244 e. The van der Waals surface area contributed by atoms with Crippen LogP contribution in [0.1, 0.15) is 5.76 Å². The molecule has 0 spiro atoms. The number of amides is 1. The minimum Gasteiger partial charge on any atom is -0.465 e. The lowest BCUT2D eigenvalue weighted by Crippen LogP contribution is -2.50. The van der Waals surface area contributed by atoms with E-state index in [0.717, 1.165) is 0 Å². The molecule has 0 saturated carbocycles. The quantitative estimate of drug-likeness (QED) is 0.679. The third-order valence-corrected chi connectivity index (χ3v) is 5.94. The molecule has 1 N–H and O–H groups in total. The molecule has 0 radical (unpaired) electrons. The SMILES string of the molecule is O=C(/C=C/c1ccco1)NCCS(=O)(=O)N1CCN(c2ncccn2)CC1. The van der Waals surface area contributed by atoms with Gasteiger partial charge in [-0.15, -0.1) is 0 Å². The molecule has 27 heavy (non-hydrogen) atoms. The van der Waals surface area contributed by atoms with Crippen LogP contribution in [0.25, 0.3) is 6.08 Å². The summed E-state index contributed by atoms with van der Waals surface area (Å²) in [5.74, 6) is 0.644. The maximum absolute atomic E-state index is 12.4. The highest BCUT2D eigenvalue weighted by molar-refractivity contribution is 7.89. The Kier molecular flexibility index (Phi) is 6.20. The molecule has 10 heteroatoms. The third-order valence-electron chi connectivity index (χ3n) is 4.07. The van der Waals surface area contributed by atoms with Crippen LogP contribution in [0.3, 0.4) is 0 Å². The van der Waals surface area contributed by atoms with Crippen LogP contribution in [0, 0.1) is 0 Å². The molecule has 0 bridgehead atoms. The fourth-order valence-electron chi connectivity index (χ4n) is 2.66. The number of anilines is 1. The Balaban J connectivity index is 1.43. The fraction of sp³-hybridized carbons (Fsp3) is 0.353. The fourth-order valence-corrected chi connectivity index (χ4v) is 3.99. The van der Waals surface area contributed by atoms with Crippen molar-refractivity contribution in [1.82, 2.24) is 19.6 Å². The van der Waals surface area contributed by atoms with Crippen molar-refractivity contribution in [3.63, 3.8) is 0 Å². The summed E-state index contributed by atoms with van der Waals surface area (Å²) < 4.78 is 31.4. The average molecular weight is 391 g/mol. The molecule has 9 nitrogen and oxygen atoms in total. The van der Waals surface area contributed by atoms with Crippen LogP contribution in [0.5, 0.6) is 0 Å². The molecule has 2 aromatic rings. The van der Waals surface area contributed by atoms with Gasteiger partial charge in [0.25, 0.3) is 0 Å². The molecule has 1 amide bonds. The molecule has 1 fully saturated rings. The van der Waals surface area contributed by atoms with Crippen molar-refractivity contribution in [2.75, 3.05) is 43.4 Å². The van der Waals surface area contributed by atoms with Gasteiger partial charge in [0.15, 0.2) is 0 Å². The van der Waals surface area contributed by atoms with E-state index in [2.05, 4.69) is 15.3 Å². The van der Waals surface area contributed by atoms with Gasteiger partial charge in [-0.05, 0) is 24.3 Å². The van der Waals surface area contributed by atoms with Gasteiger partial charge in [0, 0.05) is 51.2 Å². The van der Waals surface area contributed by atoms with Crippen LogP contribution >= 0.6 is 0 Å². The molecule has 0 atom stereocenters. The van der Waals surface area contributed by atoms with Gasteiger partial charge in [0.05, 0.1) is 12.0 Å². The monoisotopic (exact) mass is 391 g/mol. The van der Waals surface area contributed by atoms with Crippen molar-refractivity contribution >= 4 is 28.0 Å². The molecule has 3 heterocycles. The number of hydrogen-bond acceptors (Lipinski definition) is 7. The summed E-state index contributed by atoms with van der Waals surface area (Å²) in [5.41, 5.74) is 0. The molecule has 0 unspecified atom stereocenters. The maximum atomic E-state index is 12.4. The van der Waals surface area contributed by atoms with Gasteiger partial charge in [-0.1, -0.05) is 0 Å². The summed E-state index contributed by atoms with van der Waals surface area (Å²) in [6, 6.07) is 5.17. The number of carbonyl (C=O) groups excluding carboxylic acids is 1. The molecule has 1 aliphatic heterocycles. The summed E-state index contributed by atoms with van der Waals surface area (Å²) in [5, 5.41) is 2.57. The summed E-state index contributed by atoms with van der Waals surface area (Å²) in [6.45, 7) is 1.84. The molecular weight excluding hydrogens is 370 g/mol. The zero-order valence-electron chi connectivity index (χ0n) is 14.7. The molecule has 144 valence electrons. The second-order valence-electron chi connectivity index (χ2n) is 5.89. The lowest BCUT2D eigenvalue weighted by atomic mass is 10.4. The minimum atomic E-state index is -3.43. The van der Waals surface area contributed by atoms with Crippen molar-refractivity contribution in [3.05, 3.63) is 48.7 Å². The van der Waals surface area contributed by atoms with Crippen LogP contribution in [0.4, 0.5) is 5.95 Å². The Morgan fingerprint density at radius 2 is 1.93 bits per heavy atom. The van der Waals surface area contributed by atoms with E-state index in [1.54, 1.807) is 30.6 Å². The Morgan fingerprint density at radius 1 is 1.19 bits per heavy atom. The summed E-state index contributed by atoms with van der Waals surface area (Å²) in [6.07, 6.45) is 7.66. The zero-order valence-corrected chi connectivity index (χ0v) is 15.5. The largest absolute Gasteiger partial charge is 0.465 e. The molecule has 1 saturated heterocycles. The molecule has 0 aliphatic carbocycles. The lowest BCUT2D eigenvalue weighted by molar-refractivity contribution is -0.116. The van der Waals surface area contributed by atoms with Gasteiger partial charge in [-0.3, -0.25) is 4.79 Å². The van der Waals surface area contributed by atoms with Crippen molar-refractivity contribution < 1.29 is 17.6 Å². The number of nitrogens with one attached hydrogen (secondary N) is 1. The second-order valence-corrected chi connectivity index (χ2v) is 7.98. The topological polar surface area (TPSA) is 109 Å². The normalized spacial score (nSPS) is 15.9. The summed E-state index contributed by atoms with van der Waals surface area (Å²) in [4.78, 5) is 22.0. The van der Waals surface area contributed by atoms with Crippen molar-refractivity contribution in [3.8, 4) is 0 Å². The predicted molar refractivity (Wildman–Crippen MR) is 100 cm³/mol. The number of furan rings is 1. The van der Waals surface area contributed by atoms with E-state index >= 15 is 0 Å². The number of aromatic nitrogens is 2. The third kappa shape index (κ3) is 5.38. The predicted octanol–water partition coefficient (Wildman–Crippen LogP) is 0.351. The minimum absolute atomic E-state index is 0.0473. The van der Waals surface area contributed by atoms with Gasteiger partial charge in [-0.25, -0.2) is 18.4 Å². The van der Waals surface area contributed by atoms with Crippen molar-refractivity contribution in [2.45, 2.75) is 0 Å². The Labute approximate surface area is 157 Å². The van der Waals surface area contributed by atoms with Gasteiger partial charge >= 0.3 is 0 Å². The lowest BCUT2D eigenvalue weighted by Gasteiger charge is -2.33.